The van der Waals surface area contributed by atoms with E-state index in [1.165, 1.54) is 6.07 Å². The lowest BCUT2D eigenvalue weighted by atomic mass is 9.95. The highest BCUT2D eigenvalue weighted by molar-refractivity contribution is 9.10. The Balaban J connectivity index is 2.20. The van der Waals surface area contributed by atoms with Crippen LogP contribution in [0, 0.1) is 10.1 Å². The van der Waals surface area contributed by atoms with Crippen molar-refractivity contribution >= 4 is 21.6 Å². The number of nitro benzene ring substituents is 1. The molecule has 1 fully saturated rings. The zero-order valence-corrected chi connectivity index (χ0v) is 11.3. The zero-order chi connectivity index (χ0) is 13.1. The van der Waals surface area contributed by atoms with Crippen LogP contribution in [0.3, 0.4) is 0 Å². The topological polar surface area (TPSA) is 72.6 Å². The Hall–Kier alpha value is -1.14. The molecule has 1 aliphatic carbocycles. The number of nitro groups is 1. The van der Waals surface area contributed by atoms with Crippen molar-refractivity contribution in [3.8, 4) is 5.75 Å². The molecule has 1 saturated carbocycles. The van der Waals surface area contributed by atoms with E-state index in [4.69, 9.17) is 4.74 Å². The maximum Gasteiger partial charge on any atom is 0.312 e. The standard InChI is InChI=1S/C12H14BrNO4/c13-8-5-6-11(9(7-8)14(16)17)18-12-4-2-1-3-10(12)15/h5-7,10,12,15H,1-4H2/t10-,12-/m1/s1. The van der Waals surface area contributed by atoms with Gasteiger partial charge in [0.05, 0.1) is 11.0 Å². The zero-order valence-electron chi connectivity index (χ0n) is 9.71. The third kappa shape index (κ3) is 3.00. The first-order chi connectivity index (χ1) is 8.58. The number of aliphatic hydroxyl groups is 1. The minimum Gasteiger partial charge on any atom is -0.481 e. The van der Waals surface area contributed by atoms with Crippen LogP contribution in [-0.2, 0) is 0 Å². The van der Waals surface area contributed by atoms with Gasteiger partial charge in [-0.3, -0.25) is 10.1 Å². The predicted molar refractivity (Wildman–Crippen MR) is 69.7 cm³/mol. The van der Waals surface area contributed by atoms with E-state index >= 15 is 0 Å². The number of rotatable bonds is 3. The van der Waals surface area contributed by atoms with Gasteiger partial charge in [0.1, 0.15) is 6.10 Å². The fraction of sp³-hybridized carbons (Fsp3) is 0.500. The Bertz CT molecular complexity index is 452. The first kappa shape index (κ1) is 13.3. The molecule has 1 aromatic rings. The summed E-state index contributed by atoms with van der Waals surface area (Å²) in [6, 6.07) is 4.66. The lowest BCUT2D eigenvalue weighted by Crippen LogP contribution is -2.34. The minimum absolute atomic E-state index is 0.0813. The number of benzene rings is 1. The summed E-state index contributed by atoms with van der Waals surface area (Å²) in [5, 5.41) is 20.7. The fourth-order valence-corrected chi connectivity index (χ4v) is 2.46. The van der Waals surface area contributed by atoms with E-state index in [-0.39, 0.29) is 17.5 Å². The summed E-state index contributed by atoms with van der Waals surface area (Å²) in [5.74, 6) is 0.217. The molecule has 0 aromatic heterocycles. The Morgan fingerprint density at radius 2 is 2.11 bits per heavy atom. The highest BCUT2D eigenvalue weighted by atomic mass is 79.9. The van der Waals surface area contributed by atoms with Crippen molar-refractivity contribution in [2.45, 2.75) is 37.9 Å². The maximum absolute atomic E-state index is 10.9. The second-order valence-electron chi connectivity index (χ2n) is 4.38. The molecule has 18 heavy (non-hydrogen) atoms. The van der Waals surface area contributed by atoms with Crippen LogP contribution in [0.4, 0.5) is 5.69 Å². The molecular formula is C12H14BrNO4. The van der Waals surface area contributed by atoms with Gasteiger partial charge in [-0.05, 0) is 31.4 Å². The van der Waals surface area contributed by atoms with Crippen molar-refractivity contribution in [2.24, 2.45) is 0 Å². The molecule has 1 aromatic carbocycles. The van der Waals surface area contributed by atoms with Gasteiger partial charge in [-0.1, -0.05) is 22.4 Å². The molecule has 0 spiro atoms. The van der Waals surface area contributed by atoms with Gasteiger partial charge in [0.15, 0.2) is 5.75 Å². The molecule has 1 aliphatic rings. The van der Waals surface area contributed by atoms with Gasteiger partial charge >= 0.3 is 5.69 Å². The Labute approximate surface area is 113 Å². The van der Waals surface area contributed by atoms with Gasteiger partial charge in [-0.15, -0.1) is 0 Å². The molecule has 0 radical (unpaired) electrons. The van der Waals surface area contributed by atoms with Crippen molar-refractivity contribution in [3.05, 3.63) is 32.8 Å². The van der Waals surface area contributed by atoms with Crippen LogP contribution in [0.15, 0.2) is 22.7 Å². The molecule has 2 atom stereocenters. The van der Waals surface area contributed by atoms with E-state index < -0.39 is 11.0 Å². The maximum atomic E-state index is 10.9. The van der Waals surface area contributed by atoms with E-state index in [1.54, 1.807) is 12.1 Å². The predicted octanol–water partition coefficient (Wildman–Crippen LogP) is 3.04. The molecule has 1 N–H and O–H groups in total. The molecule has 0 aliphatic heterocycles. The van der Waals surface area contributed by atoms with Gasteiger partial charge in [-0.25, -0.2) is 0 Å². The smallest absolute Gasteiger partial charge is 0.312 e. The molecule has 0 saturated heterocycles. The molecule has 0 heterocycles. The highest BCUT2D eigenvalue weighted by Gasteiger charge is 2.27. The summed E-state index contributed by atoms with van der Waals surface area (Å²) >= 11 is 3.19. The summed E-state index contributed by atoms with van der Waals surface area (Å²) in [4.78, 5) is 10.5. The molecule has 6 heteroatoms. The van der Waals surface area contributed by atoms with Gasteiger partial charge in [0, 0.05) is 10.5 Å². The number of hydrogen-bond donors (Lipinski definition) is 1. The SMILES string of the molecule is O=[N+]([O-])c1cc(Br)ccc1O[C@@H]1CCCC[C@H]1O. The van der Waals surface area contributed by atoms with Crippen molar-refractivity contribution in [3.63, 3.8) is 0 Å². The lowest BCUT2D eigenvalue weighted by molar-refractivity contribution is -0.386. The van der Waals surface area contributed by atoms with Crippen molar-refractivity contribution < 1.29 is 14.8 Å². The third-order valence-corrected chi connectivity index (χ3v) is 3.56. The second kappa shape index (κ2) is 5.67. The van der Waals surface area contributed by atoms with Crippen LogP contribution in [0.1, 0.15) is 25.7 Å². The minimum atomic E-state index is -0.540. The monoisotopic (exact) mass is 315 g/mol. The van der Waals surface area contributed by atoms with Crippen LogP contribution < -0.4 is 4.74 Å². The largest absolute Gasteiger partial charge is 0.481 e. The summed E-state index contributed by atoms with van der Waals surface area (Å²) < 4.78 is 6.23. The summed E-state index contributed by atoms with van der Waals surface area (Å²) in [6.07, 6.45) is 2.49. The molecule has 0 unspecified atom stereocenters. The van der Waals surface area contributed by atoms with Crippen molar-refractivity contribution in [1.82, 2.24) is 0 Å². The average Bonchev–Trinajstić information content (AvgIpc) is 2.34. The molecule has 5 nitrogen and oxygen atoms in total. The van der Waals surface area contributed by atoms with Crippen LogP contribution in [-0.4, -0.2) is 22.2 Å². The summed E-state index contributed by atoms with van der Waals surface area (Å²) in [6.45, 7) is 0. The Morgan fingerprint density at radius 3 is 2.78 bits per heavy atom. The Kier molecular flexibility index (Phi) is 4.19. The lowest BCUT2D eigenvalue weighted by Gasteiger charge is -2.27. The average molecular weight is 316 g/mol. The van der Waals surface area contributed by atoms with Crippen LogP contribution >= 0.6 is 15.9 Å². The van der Waals surface area contributed by atoms with E-state index in [2.05, 4.69) is 15.9 Å². The quantitative estimate of drug-likeness (QED) is 0.687. The number of nitrogens with zero attached hydrogens (tertiary/aromatic N) is 1. The van der Waals surface area contributed by atoms with Gasteiger partial charge in [0.2, 0.25) is 0 Å². The van der Waals surface area contributed by atoms with Crippen molar-refractivity contribution in [2.75, 3.05) is 0 Å². The highest BCUT2D eigenvalue weighted by Crippen LogP contribution is 2.33. The van der Waals surface area contributed by atoms with E-state index in [0.717, 1.165) is 19.3 Å². The number of halogens is 1. The first-order valence-corrected chi connectivity index (χ1v) is 6.66. The van der Waals surface area contributed by atoms with Gasteiger partial charge in [0.25, 0.3) is 0 Å². The number of ether oxygens (including phenoxy) is 1. The molecule has 2 rings (SSSR count). The fourth-order valence-electron chi connectivity index (χ4n) is 2.11. The normalized spacial score (nSPS) is 23.7. The number of hydrogen-bond acceptors (Lipinski definition) is 4. The van der Waals surface area contributed by atoms with E-state index in [1.807, 2.05) is 0 Å². The van der Waals surface area contributed by atoms with Gasteiger partial charge < -0.3 is 9.84 Å². The Morgan fingerprint density at radius 1 is 1.39 bits per heavy atom. The third-order valence-electron chi connectivity index (χ3n) is 3.06. The van der Waals surface area contributed by atoms with E-state index in [0.29, 0.717) is 10.9 Å². The summed E-state index contributed by atoms with van der Waals surface area (Å²) in [5.41, 5.74) is -0.0813. The van der Waals surface area contributed by atoms with Crippen LogP contribution in [0.2, 0.25) is 0 Å². The molecular weight excluding hydrogens is 302 g/mol. The first-order valence-electron chi connectivity index (χ1n) is 5.86. The second-order valence-corrected chi connectivity index (χ2v) is 5.29. The van der Waals surface area contributed by atoms with E-state index in [9.17, 15) is 15.2 Å². The van der Waals surface area contributed by atoms with Crippen LogP contribution in [0.25, 0.3) is 0 Å². The molecule has 98 valence electrons. The van der Waals surface area contributed by atoms with Gasteiger partial charge in [-0.2, -0.15) is 0 Å². The van der Waals surface area contributed by atoms with Crippen molar-refractivity contribution in [1.29, 1.82) is 0 Å². The molecule has 0 bridgehead atoms. The summed E-state index contributed by atoms with van der Waals surface area (Å²) in [7, 11) is 0. The molecule has 0 amide bonds. The number of aliphatic hydroxyl groups excluding tert-OH is 1. The van der Waals surface area contributed by atoms with Crippen LogP contribution in [0.5, 0.6) is 5.75 Å².